The quantitative estimate of drug-likeness (QED) is 0.587. The molecule has 0 amide bonds. The van der Waals surface area contributed by atoms with Gasteiger partial charge in [-0.3, -0.25) is 0 Å². The molecule has 0 spiro atoms. The Morgan fingerprint density at radius 2 is 1.86 bits per heavy atom. The van der Waals surface area contributed by atoms with Crippen LogP contribution in [0.4, 0.5) is 0 Å². The van der Waals surface area contributed by atoms with Crippen LogP contribution in [0.2, 0.25) is 0 Å². The summed E-state index contributed by atoms with van der Waals surface area (Å²) in [6, 6.07) is 3.99. The minimum Gasteiger partial charge on any atom is -0.494 e. The number of benzene rings is 1. The third kappa shape index (κ3) is 3.81. The summed E-state index contributed by atoms with van der Waals surface area (Å²) in [4.78, 5) is 4.34. The molecule has 0 radical (unpaired) electrons. The van der Waals surface area contributed by atoms with Gasteiger partial charge in [-0.25, -0.2) is 0 Å². The second-order valence-corrected chi connectivity index (χ2v) is 5.92. The van der Waals surface area contributed by atoms with Crippen molar-refractivity contribution in [3.63, 3.8) is 0 Å². The maximum Gasteiger partial charge on any atom is 0.309 e. The monoisotopic (exact) mass is 316 g/mol. The van der Waals surface area contributed by atoms with Gasteiger partial charge >= 0.3 is 5.71 Å². The molecule has 22 heavy (non-hydrogen) atoms. The van der Waals surface area contributed by atoms with Crippen molar-refractivity contribution >= 4 is 17.5 Å². The van der Waals surface area contributed by atoms with Gasteiger partial charge in [0.1, 0.15) is 16.7 Å². The fourth-order valence-electron chi connectivity index (χ4n) is 2.15. The molecule has 1 unspecified atom stereocenters. The molecule has 1 atom stereocenters. The maximum atomic E-state index is 9.13. The van der Waals surface area contributed by atoms with Crippen LogP contribution >= 0.6 is 11.8 Å². The zero-order chi connectivity index (χ0) is 15.9. The van der Waals surface area contributed by atoms with Gasteiger partial charge in [0.25, 0.3) is 0 Å². The highest BCUT2D eigenvalue weighted by Gasteiger charge is 2.23. The van der Waals surface area contributed by atoms with Gasteiger partial charge in [-0.1, -0.05) is 18.2 Å². The zero-order valence-electron chi connectivity index (χ0n) is 13.1. The van der Waals surface area contributed by atoms with Crippen LogP contribution in [-0.4, -0.2) is 29.0 Å². The Kier molecular flexibility index (Phi) is 5.87. The van der Waals surface area contributed by atoms with Gasteiger partial charge in [-0.2, -0.15) is 4.79 Å². The number of aryl methyl sites for hydroxylation is 1. The largest absolute Gasteiger partial charge is 0.494 e. The molecule has 1 aromatic carbocycles. The Labute approximate surface area is 135 Å². The Balaban J connectivity index is 2.35. The van der Waals surface area contributed by atoms with Gasteiger partial charge in [0.2, 0.25) is 0 Å². The van der Waals surface area contributed by atoms with E-state index in [1.54, 1.807) is 17.8 Å². The van der Waals surface area contributed by atoms with E-state index in [0.717, 1.165) is 22.0 Å². The first-order valence-electron chi connectivity index (χ1n) is 7.33. The summed E-state index contributed by atoms with van der Waals surface area (Å²) in [5.74, 6) is 1.68. The molecule has 0 aromatic heterocycles. The van der Waals surface area contributed by atoms with Crippen molar-refractivity contribution in [2.24, 2.45) is 0 Å². The summed E-state index contributed by atoms with van der Waals surface area (Å²) in [7, 11) is 0. The lowest BCUT2D eigenvalue weighted by Crippen LogP contribution is -2.15. The van der Waals surface area contributed by atoms with E-state index in [2.05, 4.69) is 4.79 Å². The molecule has 0 saturated carbocycles. The number of nitrogens with zero attached hydrogens (tertiary/aromatic N) is 2. The summed E-state index contributed by atoms with van der Waals surface area (Å²) < 4.78 is 11.4. The lowest BCUT2D eigenvalue weighted by molar-refractivity contribution is -0.00494. The van der Waals surface area contributed by atoms with Crippen molar-refractivity contribution in [3.05, 3.63) is 47.5 Å². The van der Waals surface area contributed by atoms with E-state index >= 15 is 0 Å². The molecule has 0 bridgehead atoms. The van der Waals surface area contributed by atoms with Crippen LogP contribution in [-0.2, 0) is 0 Å². The van der Waals surface area contributed by atoms with E-state index in [9.17, 15) is 0 Å². The number of hydrogen-bond donors (Lipinski definition) is 0. The number of rotatable bonds is 6. The number of thioether (sulfide) groups is 1. The van der Waals surface area contributed by atoms with Gasteiger partial charge in [-0.15, -0.1) is 11.8 Å². The van der Waals surface area contributed by atoms with Crippen LogP contribution in [0.5, 0.6) is 11.5 Å². The van der Waals surface area contributed by atoms with Crippen molar-refractivity contribution in [2.45, 2.75) is 30.9 Å². The van der Waals surface area contributed by atoms with E-state index in [1.807, 2.05) is 51.1 Å². The molecule has 116 valence electrons. The minimum atomic E-state index is -0.0496. The maximum absolute atomic E-state index is 9.13. The van der Waals surface area contributed by atoms with E-state index < -0.39 is 0 Å². The summed E-state index contributed by atoms with van der Waals surface area (Å²) in [5.41, 5.74) is 10.8. The Morgan fingerprint density at radius 1 is 1.14 bits per heavy atom. The average molecular weight is 316 g/mol. The van der Waals surface area contributed by atoms with Gasteiger partial charge in [0.05, 0.1) is 18.1 Å². The molecular weight excluding hydrogens is 296 g/mol. The molecule has 2 rings (SSSR count). The Morgan fingerprint density at radius 3 is 2.55 bits per heavy atom. The lowest BCUT2D eigenvalue weighted by Gasteiger charge is -2.16. The Hall–Kier alpha value is -1.97. The first kappa shape index (κ1) is 16.4. The van der Waals surface area contributed by atoms with Gasteiger partial charge < -0.3 is 15.0 Å². The molecule has 1 aromatic rings. The first-order chi connectivity index (χ1) is 10.7. The van der Waals surface area contributed by atoms with E-state index in [1.165, 1.54) is 0 Å². The van der Waals surface area contributed by atoms with Crippen molar-refractivity contribution in [1.29, 1.82) is 0 Å². The SMILES string of the molecule is CCOc1cc(SC2C=CC=CC2=[N+]=[N-])c(OCC)cc1C. The van der Waals surface area contributed by atoms with Gasteiger partial charge in [-0.05, 0) is 38.5 Å². The van der Waals surface area contributed by atoms with Crippen LogP contribution in [0.3, 0.4) is 0 Å². The normalized spacial score (nSPS) is 16.5. The molecular formula is C17H20N2O2S. The molecule has 1 aliphatic carbocycles. The molecule has 4 nitrogen and oxygen atoms in total. The van der Waals surface area contributed by atoms with Crippen molar-refractivity contribution < 1.29 is 14.3 Å². The minimum absolute atomic E-state index is 0.0496. The fourth-order valence-corrected chi connectivity index (χ4v) is 3.25. The molecule has 0 N–H and O–H groups in total. The smallest absolute Gasteiger partial charge is 0.309 e. The summed E-state index contributed by atoms with van der Waals surface area (Å²) in [5, 5.41) is -0.0496. The Bertz CT molecular complexity index is 646. The standard InChI is InChI=1S/C17H20N2O2S/c1-4-20-14-11-17(15(21-5-2)10-12(14)3)22-16-9-7-6-8-13(16)19-18/h6-11,16H,4-5H2,1-3H3. The molecule has 1 aliphatic rings. The lowest BCUT2D eigenvalue weighted by atomic mass is 10.1. The molecule has 0 saturated heterocycles. The highest BCUT2D eigenvalue weighted by Crippen LogP contribution is 2.38. The van der Waals surface area contributed by atoms with Crippen LogP contribution in [0, 0.1) is 6.92 Å². The molecule has 0 fully saturated rings. The average Bonchev–Trinajstić information content (AvgIpc) is 2.52. The number of hydrogen-bond acceptors (Lipinski definition) is 3. The summed E-state index contributed by atoms with van der Waals surface area (Å²) >= 11 is 1.58. The van der Waals surface area contributed by atoms with Crippen molar-refractivity contribution in [3.8, 4) is 11.5 Å². The zero-order valence-corrected chi connectivity index (χ0v) is 13.9. The van der Waals surface area contributed by atoms with Crippen LogP contribution in [0.15, 0.2) is 41.3 Å². The van der Waals surface area contributed by atoms with E-state index in [0.29, 0.717) is 18.9 Å². The highest BCUT2D eigenvalue weighted by atomic mass is 32.2. The third-order valence-electron chi connectivity index (χ3n) is 3.17. The summed E-state index contributed by atoms with van der Waals surface area (Å²) in [6.07, 6.45) is 7.60. The van der Waals surface area contributed by atoms with Crippen LogP contribution in [0.1, 0.15) is 19.4 Å². The molecule has 0 heterocycles. The second-order valence-electron chi connectivity index (χ2n) is 4.74. The van der Waals surface area contributed by atoms with Crippen LogP contribution in [0.25, 0.3) is 5.53 Å². The second kappa shape index (κ2) is 7.87. The van der Waals surface area contributed by atoms with Gasteiger partial charge in [0, 0.05) is 6.08 Å². The van der Waals surface area contributed by atoms with Gasteiger partial charge in [0.15, 0.2) is 0 Å². The summed E-state index contributed by atoms with van der Waals surface area (Å²) in [6.45, 7) is 7.15. The predicted octanol–water partition coefficient (Wildman–Crippen LogP) is 4.05. The fraction of sp³-hybridized carbons (Fsp3) is 0.353. The number of allylic oxidation sites excluding steroid dienone is 3. The van der Waals surface area contributed by atoms with Crippen LogP contribution < -0.4 is 9.47 Å². The van der Waals surface area contributed by atoms with Crippen molar-refractivity contribution in [2.75, 3.05) is 13.2 Å². The highest BCUT2D eigenvalue weighted by molar-refractivity contribution is 8.01. The number of ether oxygens (including phenoxy) is 2. The topological polar surface area (TPSA) is 54.9 Å². The predicted molar refractivity (Wildman–Crippen MR) is 90.1 cm³/mol. The third-order valence-corrected chi connectivity index (χ3v) is 4.39. The first-order valence-corrected chi connectivity index (χ1v) is 8.21. The van der Waals surface area contributed by atoms with E-state index in [-0.39, 0.29) is 5.25 Å². The molecule has 0 aliphatic heterocycles. The molecule has 5 heteroatoms. The van der Waals surface area contributed by atoms with E-state index in [4.69, 9.17) is 15.0 Å². The van der Waals surface area contributed by atoms with Crippen molar-refractivity contribution in [1.82, 2.24) is 0 Å².